The SMILES string of the molecule is CC1(CO)COc2c(-c3scc4c3OCCO4)sc(-c3scc4c3OCCO4)c2OC1.COP(C)C. The molecule has 12 heteroatoms. The van der Waals surface area contributed by atoms with Gasteiger partial charge in [-0.05, 0) is 13.3 Å². The fourth-order valence-corrected chi connectivity index (χ4v) is 6.96. The smallest absolute Gasteiger partial charge is 0.181 e. The lowest BCUT2D eigenvalue weighted by Gasteiger charge is -2.23. The van der Waals surface area contributed by atoms with Gasteiger partial charge in [0.2, 0.25) is 0 Å². The van der Waals surface area contributed by atoms with Crippen LogP contribution in [-0.2, 0) is 4.52 Å². The highest BCUT2D eigenvalue weighted by Gasteiger charge is 2.37. The molecule has 1 N–H and O–H groups in total. The van der Waals surface area contributed by atoms with Crippen molar-refractivity contribution in [3.63, 3.8) is 0 Å². The highest BCUT2D eigenvalue weighted by Crippen LogP contribution is 2.61. The van der Waals surface area contributed by atoms with Gasteiger partial charge in [0.15, 0.2) is 34.5 Å². The average Bonchev–Trinajstić information content (AvgIpc) is 3.58. The first-order valence-electron chi connectivity index (χ1n) is 11.4. The number of aliphatic hydroxyl groups excluding tert-OH is 1. The van der Waals surface area contributed by atoms with Crippen LogP contribution in [0, 0.1) is 5.41 Å². The Balaban J connectivity index is 0.000000489. The summed E-state index contributed by atoms with van der Waals surface area (Å²) in [5, 5.41) is 13.8. The molecule has 36 heavy (non-hydrogen) atoms. The molecule has 0 bridgehead atoms. The standard InChI is InChI=1S/C21H20O7S3.C3H9OP/c1-21(8-22)9-27-15-16(28-10-21)20(18-14-12(7-30-18)24-3-5-26-14)31-19(15)17-13-11(6-29-17)23-2-4-25-13;1-4-5(2)3/h6-7,22H,2-5,8-10H2,1H3;1-3H3. The Hall–Kier alpha value is -1.75. The van der Waals surface area contributed by atoms with E-state index in [1.807, 2.05) is 17.7 Å². The number of ether oxygens (including phenoxy) is 6. The molecule has 3 aromatic heterocycles. The Morgan fingerprint density at radius 1 is 0.778 bits per heavy atom. The van der Waals surface area contributed by atoms with Crippen molar-refractivity contribution in [3.05, 3.63) is 10.8 Å². The molecule has 0 aliphatic carbocycles. The fraction of sp³-hybridized carbons (Fsp3) is 0.500. The van der Waals surface area contributed by atoms with Crippen molar-refractivity contribution in [2.75, 3.05) is 66.7 Å². The van der Waals surface area contributed by atoms with Crippen LogP contribution in [-0.4, -0.2) is 71.8 Å². The van der Waals surface area contributed by atoms with Crippen LogP contribution in [0.15, 0.2) is 10.8 Å². The average molecular weight is 573 g/mol. The van der Waals surface area contributed by atoms with E-state index in [0.29, 0.717) is 51.1 Å². The number of hydrogen-bond acceptors (Lipinski definition) is 11. The van der Waals surface area contributed by atoms with Crippen LogP contribution >= 0.6 is 42.2 Å². The maximum atomic E-state index is 9.89. The van der Waals surface area contributed by atoms with Gasteiger partial charge in [-0.25, -0.2) is 0 Å². The third kappa shape index (κ3) is 5.01. The summed E-state index contributed by atoms with van der Waals surface area (Å²) in [4.78, 5) is 3.78. The largest absolute Gasteiger partial charge is 0.487 e. The summed E-state index contributed by atoms with van der Waals surface area (Å²) < 4.78 is 40.8. The van der Waals surface area contributed by atoms with Gasteiger partial charge in [0, 0.05) is 26.0 Å². The van der Waals surface area contributed by atoms with Crippen molar-refractivity contribution in [2.45, 2.75) is 6.92 Å². The van der Waals surface area contributed by atoms with Crippen LogP contribution in [0.5, 0.6) is 34.5 Å². The minimum absolute atomic E-state index is 0.0257. The molecule has 0 fully saturated rings. The quantitative estimate of drug-likeness (QED) is 0.393. The molecule has 6 heterocycles. The van der Waals surface area contributed by atoms with Crippen LogP contribution in [0.4, 0.5) is 0 Å². The van der Waals surface area contributed by atoms with Crippen LogP contribution < -0.4 is 28.4 Å². The summed E-state index contributed by atoms with van der Waals surface area (Å²) in [7, 11) is 1.63. The molecule has 6 rings (SSSR count). The second-order valence-electron chi connectivity index (χ2n) is 8.87. The number of aliphatic hydroxyl groups is 1. The molecule has 0 aromatic carbocycles. The summed E-state index contributed by atoms with van der Waals surface area (Å²) in [6.45, 7) is 8.89. The molecular weight excluding hydrogens is 543 g/mol. The van der Waals surface area contributed by atoms with E-state index in [1.54, 1.807) is 41.1 Å². The first kappa shape index (κ1) is 25.9. The van der Waals surface area contributed by atoms with E-state index in [9.17, 15) is 5.11 Å². The Labute approximate surface area is 223 Å². The highest BCUT2D eigenvalue weighted by atomic mass is 32.1. The zero-order valence-electron chi connectivity index (χ0n) is 20.6. The number of thiophene rings is 3. The summed E-state index contributed by atoms with van der Waals surface area (Å²) in [5.41, 5.74) is -0.492. The van der Waals surface area contributed by atoms with E-state index in [0.717, 1.165) is 42.5 Å². The van der Waals surface area contributed by atoms with Crippen molar-refractivity contribution in [1.29, 1.82) is 0 Å². The molecule has 0 radical (unpaired) electrons. The van der Waals surface area contributed by atoms with Gasteiger partial charge in [-0.2, -0.15) is 0 Å². The van der Waals surface area contributed by atoms with Crippen LogP contribution in [0.25, 0.3) is 19.5 Å². The van der Waals surface area contributed by atoms with Gasteiger partial charge >= 0.3 is 0 Å². The van der Waals surface area contributed by atoms with E-state index in [4.69, 9.17) is 32.9 Å². The third-order valence-corrected chi connectivity index (χ3v) is 9.80. The van der Waals surface area contributed by atoms with Crippen molar-refractivity contribution >= 4 is 42.2 Å². The maximum Gasteiger partial charge on any atom is 0.181 e. The second kappa shape index (κ2) is 10.9. The normalized spacial score (nSPS) is 17.3. The molecule has 3 aromatic rings. The maximum absolute atomic E-state index is 9.89. The summed E-state index contributed by atoms with van der Waals surface area (Å²) in [6, 6.07) is 0. The lowest BCUT2D eigenvalue weighted by atomic mass is 9.94. The zero-order chi connectivity index (χ0) is 25.3. The van der Waals surface area contributed by atoms with Gasteiger partial charge < -0.3 is 38.1 Å². The molecule has 3 aliphatic heterocycles. The topological polar surface area (TPSA) is 84.8 Å². The van der Waals surface area contributed by atoms with Crippen molar-refractivity contribution in [2.24, 2.45) is 5.41 Å². The number of hydrogen-bond donors (Lipinski definition) is 1. The van der Waals surface area contributed by atoms with Crippen molar-refractivity contribution < 1.29 is 38.1 Å². The Kier molecular flexibility index (Phi) is 7.86. The first-order valence-corrected chi connectivity index (χ1v) is 16.2. The van der Waals surface area contributed by atoms with E-state index < -0.39 is 5.41 Å². The summed E-state index contributed by atoms with van der Waals surface area (Å²) in [5.74, 6) is 4.37. The Bertz CT molecular complexity index is 1120. The van der Waals surface area contributed by atoms with Crippen LogP contribution in [0.2, 0.25) is 0 Å². The van der Waals surface area contributed by atoms with Crippen LogP contribution in [0.1, 0.15) is 6.92 Å². The molecule has 0 amide bonds. The predicted molar refractivity (Wildman–Crippen MR) is 145 cm³/mol. The lowest BCUT2D eigenvalue weighted by Crippen LogP contribution is -2.33. The van der Waals surface area contributed by atoms with Gasteiger partial charge in [-0.3, -0.25) is 0 Å². The summed E-state index contributed by atoms with van der Waals surface area (Å²) in [6.07, 6.45) is 0. The number of fused-ring (bicyclic) bond motifs is 3. The molecule has 0 atom stereocenters. The zero-order valence-corrected chi connectivity index (χ0v) is 23.9. The van der Waals surface area contributed by atoms with Gasteiger partial charge in [0.1, 0.15) is 26.4 Å². The van der Waals surface area contributed by atoms with Gasteiger partial charge in [-0.15, -0.1) is 34.0 Å². The minimum atomic E-state index is -0.492. The van der Waals surface area contributed by atoms with Crippen molar-refractivity contribution in [1.82, 2.24) is 0 Å². The van der Waals surface area contributed by atoms with Gasteiger partial charge in [-0.1, -0.05) is 6.92 Å². The van der Waals surface area contributed by atoms with E-state index in [2.05, 4.69) is 13.3 Å². The molecule has 0 saturated carbocycles. The Morgan fingerprint density at radius 2 is 1.22 bits per heavy atom. The second-order valence-corrected chi connectivity index (χ2v) is 13.6. The van der Waals surface area contributed by atoms with Gasteiger partial charge in [0.25, 0.3) is 0 Å². The van der Waals surface area contributed by atoms with Crippen LogP contribution in [0.3, 0.4) is 0 Å². The fourth-order valence-electron chi connectivity index (χ4n) is 3.63. The third-order valence-electron chi connectivity index (χ3n) is 5.71. The lowest BCUT2D eigenvalue weighted by molar-refractivity contribution is 0.0546. The van der Waals surface area contributed by atoms with E-state index in [-0.39, 0.29) is 14.8 Å². The molecule has 0 saturated heterocycles. The molecule has 0 unspecified atom stereocenters. The summed E-state index contributed by atoms with van der Waals surface area (Å²) >= 11 is 4.72. The number of rotatable bonds is 4. The van der Waals surface area contributed by atoms with E-state index in [1.165, 1.54) is 0 Å². The molecule has 8 nitrogen and oxygen atoms in total. The van der Waals surface area contributed by atoms with Gasteiger partial charge in [0.05, 0.1) is 44.7 Å². The molecule has 3 aliphatic rings. The Morgan fingerprint density at radius 3 is 1.64 bits per heavy atom. The molecule has 196 valence electrons. The highest BCUT2D eigenvalue weighted by molar-refractivity contribution is 7.50. The van der Waals surface area contributed by atoms with E-state index >= 15 is 0 Å². The predicted octanol–water partition coefficient (Wildman–Crippen LogP) is 5.81. The minimum Gasteiger partial charge on any atom is -0.487 e. The van der Waals surface area contributed by atoms with Crippen molar-refractivity contribution in [3.8, 4) is 54.0 Å². The first-order chi connectivity index (χ1) is 17.4. The molecular formula is C24H29O8PS3. The monoisotopic (exact) mass is 572 g/mol. The molecule has 0 spiro atoms.